The van der Waals surface area contributed by atoms with Gasteiger partial charge in [0.2, 0.25) is 0 Å². The molecule has 0 spiro atoms. The van der Waals surface area contributed by atoms with Crippen molar-refractivity contribution in [1.29, 1.82) is 0 Å². The zero-order valence-corrected chi connectivity index (χ0v) is 13.8. The SMILES string of the molecule is COc1ccccc1OCC(=O)NN=C(C)c1ccc([N+](=O)[O-])cc1. The first kappa shape index (κ1) is 17.9. The summed E-state index contributed by atoms with van der Waals surface area (Å²) in [5, 5.41) is 14.6. The van der Waals surface area contributed by atoms with Crippen molar-refractivity contribution in [2.24, 2.45) is 5.10 Å². The summed E-state index contributed by atoms with van der Waals surface area (Å²) >= 11 is 0. The number of nitro benzene ring substituents is 1. The Balaban J connectivity index is 1.91. The van der Waals surface area contributed by atoms with Crippen LogP contribution in [0.4, 0.5) is 5.69 Å². The number of non-ortho nitro benzene ring substituents is 1. The lowest BCUT2D eigenvalue weighted by Gasteiger charge is -2.09. The topological polar surface area (TPSA) is 103 Å². The summed E-state index contributed by atoms with van der Waals surface area (Å²) in [5.41, 5.74) is 3.54. The number of hydrogen-bond acceptors (Lipinski definition) is 6. The van der Waals surface area contributed by atoms with Crippen molar-refractivity contribution in [2.75, 3.05) is 13.7 Å². The summed E-state index contributed by atoms with van der Waals surface area (Å²) in [4.78, 5) is 22.0. The van der Waals surface area contributed by atoms with Crippen LogP contribution < -0.4 is 14.9 Å². The third-order valence-electron chi connectivity index (χ3n) is 3.27. The Bertz CT molecular complexity index is 787. The molecule has 1 N–H and O–H groups in total. The van der Waals surface area contributed by atoms with Crippen LogP contribution in [-0.4, -0.2) is 30.3 Å². The van der Waals surface area contributed by atoms with Crippen molar-refractivity contribution in [3.63, 3.8) is 0 Å². The Hall–Kier alpha value is -3.42. The molecular weight excluding hydrogens is 326 g/mol. The van der Waals surface area contributed by atoms with E-state index in [9.17, 15) is 14.9 Å². The minimum Gasteiger partial charge on any atom is -0.493 e. The highest BCUT2D eigenvalue weighted by Crippen LogP contribution is 2.25. The van der Waals surface area contributed by atoms with Gasteiger partial charge in [0.25, 0.3) is 11.6 Å². The molecule has 2 rings (SSSR count). The first-order chi connectivity index (χ1) is 12.0. The number of para-hydroxylation sites is 2. The van der Waals surface area contributed by atoms with E-state index in [0.717, 1.165) is 0 Å². The molecular formula is C17H17N3O5. The van der Waals surface area contributed by atoms with Gasteiger partial charge in [-0.3, -0.25) is 14.9 Å². The minimum atomic E-state index is -0.479. The summed E-state index contributed by atoms with van der Waals surface area (Å²) in [6, 6.07) is 12.9. The van der Waals surface area contributed by atoms with Crippen LogP contribution in [0.25, 0.3) is 0 Å². The number of methoxy groups -OCH3 is 1. The fourth-order valence-corrected chi connectivity index (χ4v) is 1.95. The number of nitrogens with one attached hydrogen (secondary N) is 1. The summed E-state index contributed by atoms with van der Waals surface area (Å²) in [6.45, 7) is 1.46. The van der Waals surface area contributed by atoms with Crippen molar-refractivity contribution in [1.82, 2.24) is 5.43 Å². The van der Waals surface area contributed by atoms with Gasteiger partial charge in [-0.1, -0.05) is 12.1 Å². The van der Waals surface area contributed by atoms with E-state index in [4.69, 9.17) is 9.47 Å². The summed E-state index contributed by atoms with van der Waals surface area (Å²) in [7, 11) is 1.51. The first-order valence-electron chi connectivity index (χ1n) is 7.35. The molecule has 1 amide bonds. The molecule has 0 aliphatic carbocycles. The molecule has 0 aliphatic rings. The van der Waals surface area contributed by atoms with E-state index in [0.29, 0.717) is 22.8 Å². The maximum absolute atomic E-state index is 11.8. The molecule has 8 heteroatoms. The monoisotopic (exact) mass is 343 g/mol. The van der Waals surface area contributed by atoms with Gasteiger partial charge in [0, 0.05) is 12.1 Å². The van der Waals surface area contributed by atoms with Crippen LogP contribution in [0.1, 0.15) is 12.5 Å². The number of hydrazone groups is 1. The first-order valence-corrected chi connectivity index (χ1v) is 7.35. The molecule has 0 fully saturated rings. The number of benzene rings is 2. The predicted octanol–water partition coefficient (Wildman–Crippen LogP) is 2.52. The van der Waals surface area contributed by atoms with Gasteiger partial charge in [0.1, 0.15) is 0 Å². The van der Waals surface area contributed by atoms with Crippen molar-refractivity contribution in [3.05, 3.63) is 64.2 Å². The molecule has 0 aliphatic heterocycles. The zero-order chi connectivity index (χ0) is 18.2. The minimum absolute atomic E-state index is 0.00852. The van der Waals surface area contributed by atoms with Gasteiger partial charge >= 0.3 is 0 Å². The molecule has 130 valence electrons. The van der Waals surface area contributed by atoms with E-state index in [2.05, 4.69) is 10.5 Å². The maximum Gasteiger partial charge on any atom is 0.277 e. The predicted molar refractivity (Wildman–Crippen MR) is 91.9 cm³/mol. The number of hydrogen-bond donors (Lipinski definition) is 1. The summed E-state index contributed by atoms with van der Waals surface area (Å²) in [6.07, 6.45) is 0. The highest BCUT2D eigenvalue weighted by molar-refractivity contribution is 5.99. The lowest BCUT2D eigenvalue weighted by atomic mass is 10.1. The molecule has 0 unspecified atom stereocenters. The van der Waals surface area contributed by atoms with Gasteiger partial charge in [0.15, 0.2) is 18.1 Å². The number of carbonyl (C=O) groups excluding carboxylic acids is 1. The van der Waals surface area contributed by atoms with E-state index in [-0.39, 0.29) is 12.3 Å². The zero-order valence-electron chi connectivity index (χ0n) is 13.8. The standard InChI is InChI=1S/C17H17N3O5/c1-12(13-7-9-14(10-8-13)20(22)23)18-19-17(21)11-25-16-6-4-3-5-15(16)24-2/h3-10H,11H2,1-2H3,(H,19,21). The smallest absolute Gasteiger partial charge is 0.277 e. The Morgan fingerprint density at radius 3 is 2.40 bits per heavy atom. The molecule has 25 heavy (non-hydrogen) atoms. The van der Waals surface area contributed by atoms with Crippen LogP contribution in [-0.2, 0) is 4.79 Å². The van der Waals surface area contributed by atoms with E-state index >= 15 is 0 Å². The fraction of sp³-hybridized carbons (Fsp3) is 0.176. The average Bonchev–Trinajstić information content (AvgIpc) is 2.64. The van der Waals surface area contributed by atoms with Crippen molar-refractivity contribution in [3.8, 4) is 11.5 Å². The van der Waals surface area contributed by atoms with Crippen LogP contribution in [0.3, 0.4) is 0 Å². The van der Waals surface area contributed by atoms with Gasteiger partial charge in [-0.15, -0.1) is 0 Å². The third kappa shape index (κ3) is 5.03. The largest absolute Gasteiger partial charge is 0.493 e. The van der Waals surface area contributed by atoms with E-state index in [1.54, 1.807) is 43.3 Å². The van der Waals surface area contributed by atoms with E-state index in [1.165, 1.54) is 19.2 Å². The molecule has 0 atom stereocenters. The Labute approximate surface area is 144 Å². The molecule has 0 saturated carbocycles. The second kappa shape index (κ2) is 8.44. The van der Waals surface area contributed by atoms with Gasteiger partial charge in [-0.05, 0) is 36.8 Å². The lowest BCUT2D eigenvalue weighted by molar-refractivity contribution is -0.384. The van der Waals surface area contributed by atoms with Gasteiger partial charge in [-0.2, -0.15) is 5.10 Å². The van der Waals surface area contributed by atoms with Crippen LogP contribution in [0, 0.1) is 10.1 Å². The Morgan fingerprint density at radius 1 is 1.16 bits per heavy atom. The van der Waals surface area contributed by atoms with Crippen molar-refractivity contribution >= 4 is 17.3 Å². The highest BCUT2D eigenvalue weighted by atomic mass is 16.6. The number of nitrogens with zero attached hydrogens (tertiary/aromatic N) is 2. The van der Waals surface area contributed by atoms with E-state index in [1.807, 2.05) is 0 Å². The fourth-order valence-electron chi connectivity index (χ4n) is 1.95. The van der Waals surface area contributed by atoms with Crippen LogP contribution in [0.2, 0.25) is 0 Å². The normalized spacial score (nSPS) is 10.9. The number of amides is 1. The van der Waals surface area contributed by atoms with Gasteiger partial charge in [-0.25, -0.2) is 5.43 Å². The number of ether oxygens (including phenoxy) is 2. The molecule has 0 aromatic heterocycles. The average molecular weight is 343 g/mol. The molecule has 2 aromatic carbocycles. The van der Waals surface area contributed by atoms with Gasteiger partial charge < -0.3 is 9.47 Å². The molecule has 0 bridgehead atoms. The number of nitro groups is 1. The number of rotatable bonds is 7. The highest BCUT2D eigenvalue weighted by Gasteiger charge is 2.08. The molecule has 8 nitrogen and oxygen atoms in total. The molecule has 0 saturated heterocycles. The van der Waals surface area contributed by atoms with Crippen molar-refractivity contribution < 1.29 is 19.2 Å². The molecule has 2 aromatic rings. The second-order valence-electron chi connectivity index (χ2n) is 4.98. The quantitative estimate of drug-likeness (QED) is 0.473. The van der Waals surface area contributed by atoms with Crippen LogP contribution in [0.5, 0.6) is 11.5 Å². The van der Waals surface area contributed by atoms with Crippen molar-refractivity contribution in [2.45, 2.75) is 6.92 Å². The van der Waals surface area contributed by atoms with Crippen LogP contribution >= 0.6 is 0 Å². The summed E-state index contributed by atoms with van der Waals surface area (Å²) in [5.74, 6) is 0.546. The van der Waals surface area contributed by atoms with Crippen LogP contribution in [0.15, 0.2) is 53.6 Å². The number of carbonyl (C=O) groups is 1. The molecule has 0 radical (unpaired) electrons. The maximum atomic E-state index is 11.8. The van der Waals surface area contributed by atoms with Gasteiger partial charge in [0.05, 0.1) is 17.7 Å². The lowest BCUT2D eigenvalue weighted by Crippen LogP contribution is -2.25. The summed E-state index contributed by atoms with van der Waals surface area (Å²) < 4.78 is 10.5. The Morgan fingerprint density at radius 2 is 1.80 bits per heavy atom. The third-order valence-corrected chi connectivity index (χ3v) is 3.27. The second-order valence-corrected chi connectivity index (χ2v) is 4.98. The molecule has 0 heterocycles. The Kier molecular flexibility index (Phi) is 6.05. The van der Waals surface area contributed by atoms with E-state index < -0.39 is 10.8 Å².